The van der Waals surface area contributed by atoms with Crippen molar-refractivity contribution in [3.05, 3.63) is 0 Å². The van der Waals surface area contributed by atoms with Crippen LogP contribution < -0.4 is 0 Å². The Bertz CT molecular complexity index is 1110. The molecule has 0 spiro atoms. The topological polar surface area (TPSA) is 63.7 Å². The van der Waals surface area contributed by atoms with Crippen LogP contribution in [0.3, 0.4) is 0 Å². The van der Waals surface area contributed by atoms with Crippen molar-refractivity contribution in [3.63, 3.8) is 0 Å². The molecule has 0 unspecified atom stereocenters. The molecule has 0 bridgehead atoms. The molecule has 0 atom stereocenters. The maximum Gasteiger partial charge on any atom is 0.0525 e. The van der Waals surface area contributed by atoms with E-state index in [0.717, 1.165) is 76.4 Å². The summed E-state index contributed by atoms with van der Waals surface area (Å²) in [6.45, 7) is 90.3. The van der Waals surface area contributed by atoms with Gasteiger partial charge in [-0.25, -0.2) is 8.42 Å². The first kappa shape index (κ1) is 92.6. The number of thioether (sulfide) groups is 1. The van der Waals surface area contributed by atoms with Crippen LogP contribution >= 0.6 is 11.8 Å². The summed E-state index contributed by atoms with van der Waals surface area (Å²) in [6, 6.07) is 1.35. The largest absolute Gasteiger partial charge is 0.0690 e. The van der Waals surface area contributed by atoms with Gasteiger partial charge in [-0.1, -0.05) is 195 Å². The van der Waals surface area contributed by atoms with Crippen LogP contribution in [0.4, 0.5) is 0 Å². The normalized spacial score (nSPS) is 12.1. The summed E-state index contributed by atoms with van der Waals surface area (Å²) >= 11 is 2.88. The zero-order valence-electron chi connectivity index (χ0n) is 57.7. The van der Waals surface area contributed by atoms with Crippen molar-refractivity contribution in [1.82, 2.24) is 4.90 Å². The third-order valence-corrected chi connectivity index (χ3v) is 27.4. The Balaban J connectivity index is -0.0000000887. The van der Waals surface area contributed by atoms with Gasteiger partial charge in [0.2, 0.25) is 0 Å². The van der Waals surface area contributed by atoms with E-state index in [-0.39, 0.29) is 10.5 Å². The minimum absolute atomic E-state index is 0.238. The van der Waals surface area contributed by atoms with Crippen molar-refractivity contribution in [2.45, 2.75) is 371 Å². The van der Waals surface area contributed by atoms with Gasteiger partial charge in [-0.15, -0.1) is 0 Å². The van der Waals surface area contributed by atoms with E-state index in [1.165, 1.54) is 0 Å². The molecular weight excluding hydrogens is 1020 g/mol. The van der Waals surface area contributed by atoms with E-state index in [0.29, 0.717) is 40.2 Å². The molecule has 0 saturated carbocycles. The maximum absolute atomic E-state index is 11.0. The van der Waals surface area contributed by atoms with Crippen LogP contribution in [0.1, 0.15) is 263 Å². The second-order valence-electron chi connectivity index (χ2n) is 26.3. The van der Waals surface area contributed by atoms with Gasteiger partial charge < -0.3 is 9.64 Å². The molecule has 0 aliphatic rings. The van der Waals surface area contributed by atoms with Gasteiger partial charge in [0.15, 0.2) is 9.84 Å². The summed E-state index contributed by atoms with van der Waals surface area (Å²) < 4.78 is 38.3. The van der Waals surface area contributed by atoms with E-state index in [2.05, 4.69) is 212 Å². The predicted molar refractivity (Wildman–Crippen MR) is 354 cm³/mol. The summed E-state index contributed by atoms with van der Waals surface area (Å²) in [5.74, 6) is 3.26. The Labute approximate surface area is 476 Å². The number of hydrogen-bond donors (Lipinski definition) is 0. The molecule has 0 aliphatic carbocycles. The van der Waals surface area contributed by atoms with Crippen LogP contribution in [0.5, 0.6) is 0 Å². The second kappa shape index (κ2) is 50.4. The van der Waals surface area contributed by atoms with Gasteiger partial charge in [-0.05, 0) is 118 Å². The molecular formula is C61H144BNO4S3SeSi. The summed E-state index contributed by atoms with van der Waals surface area (Å²) in [6.07, 6.45) is 0.750. The van der Waals surface area contributed by atoms with Crippen molar-refractivity contribution >= 4 is 62.1 Å². The van der Waals surface area contributed by atoms with Gasteiger partial charge in [-0.2, -0.15) is 11.8 Å². The summed E-state index contributed by atoms with van der Waals surface area (Å²) in [5, 5.41) is 1.74. The molecule has 0 aromatic carbocycles. The van der Waals surface area contributed by atoms with E-state index in [4.69, 9.17) is 4.74 Å². The standard InChI is InChI=1S/C9H20.C8H20Si.C7H17B.C7H17N.C6H14O2S.C6H14OS.C6H14O.C6H14S.C6H14Se/c2*1-7(2)9(5,6)8(3)4;2*1-6(2)8(5)7(3)4;1-5(2)9(7,8)6(3)4;1-5(2)8(7)6(3)4;3*1-5(2)7-6(3)4/h2*7-8H,1-6H3;2*6-7H,1-5H3;5-6H,1-4H3;5-6H,1-4H3;3*5-6H,1-4H3. The third-order valence-electron chi connectivity index (χ3n) is 13.6. The molecule has 0 amide bonds. The number of sulfone groups is 1. The average Bonchev–Trinajstić information content (AvgIpc) is 3.16. The maximum atomic E-state index is 11.0. The number of nitrogens with zero attached hydrogens (tertiary/aromatic N) is 1. The molecule has 72 heavy (non-hydrogen) atoms. The van der Waals surface area contributed by atoms with Crippen LogP contribution in [0, 0.1) is 17.3 Å². The van der Waals surface area contributed by atoms with E-state index in [1.54, 1.807) is 27.7 Å². The van der Waals surface area contributed by atoms with Crippen LogP contribution in [-0.2, 0) is 25.4 Å². The predicted octanol–water partition coefficient (Wildman–Crippen LogP) is 21.0. The van der Waals surface area contributed by atoms with Crippen molar-refractivity contribution in [2.24, 2.45) is 17.3 Å². The first-order valence-electron chi connectivity index (χ1n) is 29.0. The SMILES string of the molecule is CB(C(C)C)C(C)C.CC(C)C(C)(C)C(C)C.CC(C)N(C)C(C)C.CC(C)OC(C)C.CC(C)S(=O)(=O)C(C)C.CC(C)S(=O)C(C)C.CC(C)SC(C)C.CC(C)[Se]C(C)C.CC(C)[Si](C)(C)C(C)C. The van der Waals surface area contributed by atoms with Gasteiger partial charge in [-0.3, -0.25) is 4.21 Å². The monoisotopic (exact) mass is 1170 g/mol. The Morgan fingerprint density at radius 2 is 0.764 bits per heavy atom. The minimum atomic E-state index is -2.81. The number of rotatable bonds is 18. The van der Waals surface area contributed by atoms with E-state index in [1.807, 2.05) is 67.2 Å². The first-order chi connectivity index (χ1) is 31.7. The van der Waals surface area contributed by atoms with Crippen LogP contribution in [0.15, 0.2) is 0 Å². The zero-order chi connectivity index (χ0) is 60.7. The van der Waals surface area contributed by atoms with Crippen molar-refractivity contribution in [1.29, 1.82) is 0 Å². The molecule has 448 valence electrons. The molecule has 0 rings (SSSR count). The van der Waals surface area contributed by atoms with Gasteiger partial charge in [0.05, 0.1) is 30.8 Å². The van der Waals surface area contributed by atoms with E-state index >= 15 is 0 Å². The van der Waals surface area contributed by atoms with Crippen molar-refractivity contribution in [2.75, 3.05) is 7.05 Å². The average molecular weight is 1170 g/mol. The number of ether oxygens (including phenoxy) is 1. The summed E-state index contributed by atoms with van der Waals surface area (Å²) in [7, 11) is -2.15. The van der Waals surface area contributed by atoms with Crippen LogP contribution in [0.25, 0.3) is 0 Å². The minimum Gasteiger partial charge on any atom is -0.0690 e. The fourth-order valence-corrected chi connectivity index (χ4v) is 12.3. The molecule has 0 aromatic heterocycles. The first-order valence-corrected chi connectivity index (χ1v) is 38.0. The zero-order valence-corrected chi connectivity index (χ0v) is 62.8. The fourth-order valence-electron chi connectivity index (χ4n) is 5.42. The van der Waals surface area contributed by atoms with E-state index in [9.17, 15) is 12.6 Å². The molecule has 0 N–H and O–H groups in total. The Morgan fingerprint density at radius 1 is 0.514 bits per heavy atom. The Hall–Kier alpha value is 1.17. The van der Waals surface area contributed by atoms with Crippen molar-refractivity contribution < 1.29 is 17.4 Å². The molecule has 5 nitrogen and oxygen atoms in total. The fraction of sp³-hybridized carbons (Fsp3) is 1.00. The van der Waals surface area contributed by atoms with Crippen molar-refractivity contribution in [3.8, 4) is 0 Å². The van der Waals surface area contributed by atoms with E-state index < -0.39 is 28.7 Å². The molecule has 0 fully saturated rings. The number of hydrogen-bond acceptors (Lipinski definition) is 6. The quantitative estimate of drug-likeness (QED) is 0.127. The van der Waals surface area contributed by atoms with Gasteiger partial charge in [0.1, 0.15) is 6.71 Å². The summed E-state index contributed by atoms with van der Waals surface area (Å²) in [4.78, 5) is 4.21. The van der Waals surface area contributed by atoms with Gasteiger partial charge in [0, 0.05) is 33.4 Å². The molecule has 0 radical (unpaired) electrons. The van der Waals surface area contributed by atoms with Crippen LogP contribution in [0.2, 0.25) is 52.3 Å². The Morgan fingerprint density at radius 3 is 0.764 bits per heavy atom. The summed E-state index contributed by atoms with van der Waals surface area (Å²) in [5.41, 5.74) is 2.36. The molecule has 0 aliphatic heterocycles. The Kier molecular flexibility index (Phi) is 64.8. The molecule has 0 heterocycles. The smallest absolute Gasteiger partial charge is 0.0525 e. The molecule has 0 aromatic rings. The van der Waals surface area contributed by atoms with Gasteiger partial charge >= 0.3 is 52.3 Å². The van der Waals surface area contributed by atoms with Gasteiger partial charge in [0.25, 0.3) is 0 Å². The molecule has 0 saturated heterocycles. The third kappa shape index (κ3) is 65.5. The molecule has 11 heteroatoms. The second-order valence-corrected chi connectivity index (χ2v) is 44.5. The van der Waals surface area contributed by atoms with Crippen LogP contribution in [-0.4, -0.2) is 110 Å².